The van der Waals surface area contributed by atoms with Crippen molar-refractivity contribution in [3.8, 4) is 0 Å². The van der Waals surface area contributed by atoms with Gasteiger partial charge in [0, 0.05) is 10.9 Å². The molecule has 0 unspecified atom stereocenters. The fourth-order valence-corrected chi connectivity index (χ4v) is 1.21. The van der Waals surface area contributed by atoms with Gasteiger partial charge < -0.3 is 5.11 Å². The lowest BCUT2D eigenvalue weighted by atomic mass is 10.1. The van der Waals surface area contributed by atoms with Gasteiger partial charge in [-0.1, -0.05) is 18.3 Å². The Kier molecular flexibility index (Phi) is 2.72. The predicted octanol–water partition coefficient (Wildman–Crippen LogP) is 2.18. The molecule has 0 radical (unpaired) electrons. The van der Waals surface area contributed by atoms with Crippen LogP contribution in [0.4, 0.5) is 4.39 Å². The highest BCUT2D eigenvalue weighted by molar-refractivity contribution is 7.79. The summed E-state index contributed by atoms with van der Waals surface area (Å²) >= 11 is 4.56. The minimum atomic E-state index is -1.13. The van der Waals surface area contributed by atoms with Crippen molar-refractivity contribution < 1.29 is 14.3 Å². The van der Waals surface area contributed by atoms with Crippen molar-refractivity contribution in [1.82, 2.24) is 0 Å². The van der Waals surface area contributed by atoms with Crippen molar-refractivity contribution >= 4 is 23.6 Å². The number of benzene rings is 1. The van der Waals surface area contributed by atoms with Gasteiger partial charge in [-0.05, 0) is 18.6 Å². The predicted molar refractivity (Wildman–Crippen MR) is 50.9 cm³/mol. The van der Waals surface area contributed by atoms with Crippen LogP contribution in [0.3, 0.4) is 0 Å². The van der Waals surface area contributed by atoms with Gasteiger partial charge in [0.1, 0.15) is 5.82 Å². The van der Waals surface area contributed by atoms with E-state index in [1.54, 1.807) is 0 Å². The van der Waals surface area contributed by atoms with Crippen LogP contribution >= 0.6 is 12.2 Å². The van der Waals surface area contributed by atoms with Crippen LogP contribution in [0.15, 0.2) is 12.1 Å². The Morgan fingerprint density at radius 3 is 2.69 bits per heavy atom. The molecule has 0 saturated carbocycles. The SMILES string of the molecule is Cc1c(C(=O)O)ccc(C=S)c1F. The molecule has 68 valence electrons. The van der Waals surface area contributed by atoms with Crippen molar-refractivity contribution in [2.45, 2.75) is 6.92 Å². The number of thiocarbonyl (C=S) groups is 1. The Hall–Kier alpha value is -1.29. The van der Waals surface area contributed by atoms with Crippen LogP contribution in [-0.2, 0) is 0 Å². The molecular weight excluding hydrogens is 191 g/mol. The molecule has 0 aliphatic heterocycles. The maximum atomic E-state index is 13.3. The summed E-state index contributed by atoms with van der Waals surface area (Å²) in [6, 6.07) is 2.71. The van der Waals surface area contributed by atoms with Crippen molar-refractivity contribution in [2.24, 2.45) is 0 Å². The number of halogens is 1. The quantitative estimate of drug-likeness (QED) is 0.740. The lowest BCUT2D eigenvalue weighted by Gasteiger charge is -2.03. The Bertz CT molecular complexity index is 374. The molecule has 0 aliphatic rings. The molecule has 0 bridgehead atoms. The summed E-state index contributed by atoms with van der Waals surface area (Å²) in [6.07, 6.45) is 0. The van der Waals surface area contributed by atoms with Crippen LogP contribution in [0.5, 0.6) is 0 Å². The Morgan fingerprint density at radius 2 is 2.23 bits per heavy atom. The zero-order valence-electron chi connectivity index (χ0n) is 6.87. The van der Waals surface area contributed by atoms with Crippen LogP contribution in [0.25, 0.3) is 0 Å². The van der Waals surface area contributed by atoms with E-state index in [1.807, 2.05) is 0 Å². The zero-order chi connectivity index (χ0) is 10.0. The summed E-state index contributed by atoms with van der Waals surface area (Å²) in [5.41, 5.74) is 0.335. The normalized spacial score (nSPS) is 9.69. The number of rotatable bonds is 2. The minimum absolute atomic E-state index is 0.0295. The van der Waals surface area contributed by atoms with Gasteiger partial charge in [0.2, 0.25) is 0 Å². The highest BCUT2D eigenvalue weighted by atomic mass is 32.1. The van der Waals surface area contributed by atoms with Crippen molar-refractivity contribution in [3.05, 3.63) is 34.6 Å². The Balaban J connectivity index is 3.39. The van der Waals surface area contributed by atoms with Crippen molar-refractivity contribution in [2.75, 3.05) is 0 Å². The van der Waals surface area contributed by atoms with E-state index in [4.69, 9.17) is 5.11 Å². The average Bonchev–Trinajstić information content (AvgIpc) is 2.09. The summed E-state index contributed by atoms with van der Waals surface area (Å²) in [5, 5.41) is 9.84. The lowest BCUT2D eigenvalue weighted by molar-refractivity contribution is 0.0695. The summed E-state index contributed by atoms with van der Waals surface area (Å²) in [5.74, 6) is -1.69. The van der Waals surface area contributed by atoms with E-state index in [2.05, 4.69) is 12.2 Å². The molecule has 0 spiro atoms. The third-order valence-electron chi connectivity index (χ3n) is 1.77. The van der Waals surface area contributed by atoms with Gasteiger partial charge >= 0.3 is 5.97 Å². The molecule has 1 aromatic rings. The standard InChI is InChI=1S/C9H7FO2S/c1-5-7(9(11)12)3-2-6(4-13)8(5)10/h2-4H,1H3,(H,11,12). The topological polar surface area (TPSA) is 37.3 Å². The molecule has 0 heterocycles. The molecule has 1 aromatic carbocycles. The monoisotopic (exact) mass is 198 g/mol. The lowest BCUT2D eigenvalue weighted by Crippen LogP contribution is -2.03. The number of aromatic carboxylic acids is 1. The van der Waals surface area contributed by atoms with Crippen LogP contribution in [0.1, 0.15) is 21.5 Å². The number of hydrogen-bond donors (Lipinski definition) is 1. The van der Waals surface area contributed by atoms with Gasteiger partial charge in [-0.25, -0.2) is 9.18 Å². The van der Waals surface area contributed by atoms with E-state index < -0.39 is 11.8 Å². The second kappa shape index (κ2) is 3.62. The first-order chi connectivity index (χ1) is 6.07. The second-order valence-electron chi connectivity index (χ2n) is 2.56. The second-order valence-corrected chi connectivity index (χ2v) is 2.80. The molecule has 0 fully saturated rings. The first kappa shape index (κ1) is 9.80. The molecular formula is C9H7FO2S. The van der Waals surface area contributed by atoms with E-state index in [-0.39, 0.29) is 16.7 Å². The first-order valence-electron chi connectivity index (χ1n) is 3.55. The number of hydrogen-bond acceptors (Lipinski definition) is 2. The van der Waals surface area contributed by atoms with E-state index in [1.165, 1.54) is 24.4 Å². The van der Waals surface area contributed by atoms with Crippen LogP contribution in [-0.4, -0.2) is 16.4 Å². The summed E-state index contributed by atoms with van der Waals surface area (Å²) in [4.78, 5) is 10.6. The van der Waals surface area contributed by atoms with Crippen molar-refractivity contribution in [3.63, 3.8) is 0 Å². The minimum Gasteiger partial charge on any atom is -0.478 e. The molecule has 2 nitrogen and oxygen atoms in total. The molecule has 0 aliphatic carbocycles. The highest BCUT2D eigenvalue weighted by Crippen LogP contribution is 2.15. The molecule has 1 rings (SSSR count). The van der Waals surface area contributed by atoms with Gasteiger partial charge in [0.25, 0.3) is 0 Å². The van der Waals surface area contributed by atoms with Crippen LogP contribution < -0.4 is 0 Å². The van der Waals surface area contributed by atoms with Gasteiger partial charge in [0.05, 0.1) is 5.56 Å². The average molecular weight is 198 g/mol. The third-order valence-corrected chi connectivity index (χ3v) is 2.03. The van der Waals surface area contributed by atoms with Gasteiger partial charge in [0.15, 0.2) is 0 Å². The number of carbonyl (C=O) groups is 1. The van der Waals surface area contributed by atoms with E-state index >= 15 is 0 Å². The molecule has 0 atom stereocenters. The zero-order valence-corrected chi connectivity index (χ0v) is 7.69. The fourth-order valence-electron chi connectivity index (χ4n) is 1.03. The third kappa shape index (κ3) is 1.72. The first-order valence-corrected chi connectivity index (χ1v) is 4.02. The van der Waals surface area contributed by atoms with Crippen molar-refractivity contribution in [1.29, 1.82) is 0 Å². The van der Waals surface area contributed by atoms with Gasteiger partial charge in [-0.3, -0.25) is 0 Å². The van der Waals surface area contributed by atoms with E-state index in [0.29, 0.717) is 0 Å². The number of carboxylic acid groups (broad SMARTS) is 1. The molecule has 0 aromatic heterocycles. The van der Waals surface area contributed by atoms with Gasteiger partial charge in [-0.2, -0.15) is 0 Å². The maximum absolute atomic E-state index is 13.3. The maximum Gasteiger partial charge on any atom is 0.336 e. The largest absolute Gasteiger partial charge is 0.478 e. The molecule has 4 heteroatoms. The Labute approximate surface area is 80.0 Å². The van der Waals surface area contributed by atoms with E-state index in [0.717, 1.165) is 0 Å². The van der Waals surface area contributed by atoms with E-state index in [9.17, 15) is 9.18 Å². The molecule has 13 heavy (non-hydrogen) atoms. The molecule has 0 amide bonds. The Morgan fingerprint density at radius 1 is 1.62 bits per heavy atom. The molecule has 0 saturated heterocycles. The number of carboxylic acids is 1. The van der Waals surface area contributed by atoms with Crippen LogP contribution in [0, 0.1) is 12.7 Å². The molecule has 1 N–H and O–H groups in total. The summed E-state index contributed by atoms with van der Waals surface area (Å²) in [7, 11) is 0. The smallest absolute Gasteiger partial charge is 0.336 e. The van der Waals surface area contributed by atoms with Gasteiger partial charge in [-0.15, -0.1) is 0 Å². The summed E-state index contributed by atoms with van der Waals surface area (Å²) < 4.78 is 13.3. The van der Waals surface area contributed by atoms with Crippen LogP contribution in [0.2, 0.25) is 0 Å². The summed E-state index contributed by atoms with van der Waals surface area (Å²) in [6.45, 7) is 1.42. The highest BCUT2D eigenvalue weighted by Gasteiger charge is 2.12. The fraction of sp³-hybridized carbons (Fsp3) is 0.111.